The van der Waals surface area contributed by atoms with E-state index in [9.17, 15) is 26.4 Å². The first-order valence-corrected chi connectivity index (χ1v) is 22.5. The molecule has 4 heterocycles. The second-order valence-electron chi connectivity index (χ2n) is 14.6. The molecule has 0 radical (unpaired) electrons. The highest BCUT2D eigenvalue weighted by Crippen LogP contribution is 2.25. The lowest BCUT2D eigenvalue weighted by atomic mass is 10.0. The summed E-state index contributed by atoms with van der Waals surface area (Å²) >= 11 is 0. The third-order valence-electron chi connectivity index (χ3n) is 9.89. The first kappa shape index (κ1) is 43.1. The number of nitrogens with one attached hydrogen (secondary N) is 4. The summed E-state index contributed by atoms with van der Waals surface area (Å²) in [5.74, 6) is -0.959. The number of nitrogens with two attached hydrogens (primary N) is 2. The van der Waals surface area contributed by atoms with Crippen LogP contribution < -0.4 is 31.5 Å². The Labute approximate surface area is 366 Å². The van der Waals surface area contributed by atoms with Crippen molar-refractivity contribution in [3.8, 4) is 22.5 Å². The second-order valence-corrected chi connectivity index (χ2v) is 18.0. The van der Waals surface area contributed by atoms with Gasteiger partial charge in [0.05, 0.1) is 52.8 Å². The lowest BCUT2D eigenvalue weighted by Gasteiger charge is -2.26. The summed E-state index contributed by atoms with van der Waals surface area (Å²) in [6, 6.07) is 27.3. The number of benzene rings is 4. The lowest BCUT2D eigenvalue weighted by molar-refractivity contribution is 0.00482. The van der Waals surface area contributed by atoms with Crippen LogP contribution in [0.1, 0.15) is 37.9 Å². The van der Waals surface area contributed by atoms with Crippen LogP contribution in [0, 0.1) is 6.92 Å². The van der Waals surface area contributed by atoms with Gasteiger partial charge in [-0.25, -0.2) is 41.5 Å². The van der Waals surface area contributed by atoms with E-state index in [1.807, 2.05) is 55.5 Å². The van der Waals surface area contributed by atoms with E-state index in [-0.39, 0.29) is 44.7 Å². The van der Waals surface area contributed by atoms with Crippen LogP contribution in [0.4, 0.5) is 28.8 Å². The molecule has 1 fully saturated rings. The number of aromatic nitrogens is 5. The fourth-order valence-electron chi connectivity index (χ4n) is 6.33. The van der Waals surface area contributed by atoms with Gasteiger partial charge in [0.15, 0.2) is 28.8 Å². The quantitative estimate of drug-likeness (QED) is 0.0804. The number of amides is 2. The summed E-state index contributed by atoms with van der Waals surface area (Å²) in [5.41, 5.74) is 16.7. The molecule has 1 aliphatic rings. The number of hydrogen-bond donors (Lipinski definition) is 6. The van der Waals surface area contributed by atoms with E-state index in [2.05, 4.69) is 45.2 Å². The van der Waals surface area contributed by atoms with Crippen LogP contribution in [-0.4, -0.2) is 73.0 Å². The third kappa shape index (κ3) is 10.0. The largest absolute Gasteiger partial charge is 0.382 e. The van der Waals surface area contributed by atoms with Gasteiger partial charge in [0.25, 0.3) is 21.8 Å². The van der Waals surface area contributed by atoms with E-state index >= 15 is 0 Å². The molecule has 4 aromatic carbocycles. The molecule has 7 aromatic rings. The summed E-state index contributed by atoms with van der Waals surface area (Å²) in [6.07, 6.45) is 3.85. The molecule has 1 saturated heterocycles. The van der Waals surface area contributed by atoms with Gasteiger partial charge in [0, 0.05) is 35.0 Å². The Balaban J connectivity index is 0.836. The van der Waals surface area contributed by atoms with Crippen molar-refractivity contribution in [1.82, 2.24) is 29.8 Å². The van der Waals surface area contributed by atoms with E-state index < -0.39 is 31.9 Å². The lowest BCUT2D eigenvalue weighted by Crippen LogP contribution is -2.48. The van der Waals surface area contributed by atoms with E-state index in [1.54, 1.807) is 0 Å². The first-order valence-electron chi connectivity index (χ1n) is 19.5. The smallest absolute Gasteiger partial charge is 0.278 e. The minimum absolute atomic E-state index is 0.00983. The van der Waals surface area contributed by atoms with Crippen LogP contribution in [0.5, 0.6) is 0 Å². The summed E-state index contributed by atoms with van der Waals surface area (Å²) in [6.45, 7) is 2.59. The van der Waals surface area contributed by atoms with Crippen LogP contribution in [-0.2, 0) is 37.6 Å². The van der Waals surface area contributed by atoms with Crippen LogP contribution in [0.2, 0.25) is 0 Å². The number of anilines is 5. The number of rotatable bonds is 15. The fourth-order valence-corrected chi connectivity index (χ4v) is 8.51. The Morgan fingerprint density at radius 2 is 1.17 bits per heavy atom. The molecule has 3 aromatic heterocycles. The zero-order chi connectivity index (χ0) is 45.0. The maximum absolute atomic E-state index is 13.2. The molecule has 21 heteroatoms. The summed E-state index contributed by atoms with van der Waals surface area (Å²) < 4.78 is 66.9. The van der Waals surface area contributed by atoms with Crippen molar-refractivity contribution in [1.29, 1.82) is 0 Å². The molecule has 2 amide bonds. The molecule has 64 heavy (non-hydrogen) atoms. The highest BCUT2D eigenvalue weighted by molar-refractivity contribution is 7.92. The highest BCUT2D eigenvalue weighted by Gasteiger charge is 2.26. The van der Waals surface area contributed by atoms with E-state index in [0.717, 1.165) is 16.7 Å². The number of ether oxygens (including phenoxy) is 1. The van der Waals surface area contributed by atoms with Crippen LogP contribution in [0.3, 0.4) is 0 Å². The van der Waals surface area contributed by atoms with Crippen LogP contribution >= 0.6 is 0 Å². The molecule has 0 spiro atoms. The predicted molar refractivity (Wildman–Crippen MR) is 237 cm³/mol. The van der Waals surface area contributed by atoms with Crippen molar-refractivity contribution in [2.45, 2.75) is 35.6 Å². The Kier molecular flexibility index (Phi) is 12.1. The summed E-state index contributed by atoms with van der Waals surface area (Å²) in [5, 5.41) is 9.23. The van der Waals surface area contributed by atoms with Gasteiger partial charge < -0.3 is 31.4 Å². The SMILES string of the molecule is Cc1ccc(-c2cnc(N)c(C(=O)Nc3ccc(S(=O)(=O)Nc4cc(CCc5ccc(-c6cnc(N)c(C(=O)Nc7ccc(S(=O)(=O)NC8COC8)cc7)n6)cc5)on4)cc3)n2)cc1. The van der Waals surface area contributed by atoms with Gasteiger partial charge in [0.2, 0.25) is 10.0 Å². The molecule has 19 nitrogen and oxygen atoms in total. The second kappa shape index (κ2) is 18.0. The van der Waals surface area contributed by atoms with E-state index in [4.69, 9.17) is 20.7 Å². The molecule has 0 unspecified atom stereocenters. The minimum Gasteiger partial charge on any atom is -0.382 e. The summed E-state index contributed by atoms with van der Waals surface area (Å²) in [7, 11) is -7.81. The molecule has 0 aliphatic carbocycles. The zero-order valence-electron chi connectivity index (χ0n) is 33.8. The molecule has 0 saturated carbocycles. The number of aryl methyl sites for hydroxylation is 3. The average molecular weight is 902 g/mol. The molecule has 0 bridgehead atoms. The maximum Gasteiger partial charge on any atom is 0.278 e. The monoisotopic (exact) mass is 901 g/mol. The Morgan fingerprint density at radius 3 is 1.67 bits per heavy atom. The van der Waals surface area contributed by atoms with Crippen molar-refractivity contribution in [3.05, 3.63) is 144 Å². The number of nitrogen functional groups attached to an aromatic ring is 2. The number of carbonyl (C=O) groups excluding carboxylic acids is 2. The maximum atomic E-state index is 13.2. The number of carbonyl (C=O) groups is 2. The molecule has 1 aliphatic heterocycles. The topological polar surface area (TPSA) is 289 Å². The zero-order valence-corrected chi connectivity index (χ0v) is 35.5. The Hall–Kier alpha value is -7.59. The standard InChI is InChI=1S/C43H39N11O8S2/c1-25-2-7-27(8-3-25)35-21-46-40(44)38(50-35)42(55)49-30-13-18-34(19-14-30)64(59,60)54-37-20-32(62-52-37)15-6-26-4-9-28(10-5-26)36-22-47-41(45)39(51-36)43(56)48-29-11-16-33(17-12-29)63(57,58)53-31-23-61-24-31/h2-5,7-14,16-22,31,53H,6,15,23-24H2,1H3,(H2,44,46)(H2,45,47)(H,48,56)(H,49,55)(H,52,54). The summed E-state index contributed by atoms with van der Waals surface area (Å²) in [4.78, 5) is 43.3. The third-order valence-corrected chi connectivity index (χ3v) is 12.8. The molecule has 0 atom stereocenters. The molecular weight excluding hydrogens is 863 g/mol. The van der Waals surface area contributed by atoms with Crippen LogP contribution in [0.15, 0.2) is 130 Å². The van der Waals surface area contributed by atoms with Gasteiger partial charge in [-0.15, -0.1) is 0 Å². The molecular formula is C43H39N11O8S2. The van der Waals surface area contributed by atoms with Gasteiger partial charge in [-0.1, -0.05) is 59.3 Å². The van der Waals surface area contributed by atoms with Crippen molar-refractivity contribution in [2.75, 3.05) is 40.0 Å². The number of hydrogen-bond acceptors (Lipinski definition) is 15. The molecule has 8 N–H and O–H groups in total. The van der Waals surface area contributed by atoms with Crippen molar-refractivity contribution in [3.63, 3.8) is 0 Å². The van der Waals surface area contributed by atoms with Gasteiger partial charge in [-0.3, -0.25) is 14.3 Å². The fraction of sp³-hybridized carbons (Fsp3) is 0.140. The minimum atomic E-state index is -4.07. The number of nitrogens with zero attached hydrogens (tertiary/aromatic N) is 5. The predicted octanol–water partition coefficient (Wildman–Crippen LogP) is 4.83. The first-order chi connectivity index (χ1) is 30.7. The van der Waals surface area contributed by atoms with E-state index in [0.29, 0.717) is 60.1 Å². The van der Waals surface area contributed by atoms with Gasteiger partial charge in [0.1, 0.15) is 5.76 Å². The normalized spacial score (nSPS) is 12.9. The average Bonchev–Trinajstić information content (AvgIpc) is 3.71. The molecule has 8 rings (SSSR count). The highest BCUT2D eigenvalue weighted by atomic mass is 32.2. The van der Waals surface area contributed by atoms with Gasteiger partial charge in [-0.2, -0.15) is 0 Å². The van der Waals surface area contributed by atoms with Gasteiger partial charge >= 0.3 is 0 Å². The van der Waals surface area contributed by atoms with Crippen molar-refractivity contribution in [2.24, 2.45) is 0 Å². The van der Waals surface area contributed by atoms with Crippen molar-refractivity contribution < 1.29 is 35.7 Å². The Morgan fingerprint density at radius 1 is 0.672 bits per heavy atom. The van der Waals surface area contributed by atoms with Crippen molar-refractivity contribution >= 4 is 60.7 Å². The van der Waals surface area contributed by atoms with E-state index in [1.165, 1.54) is 67.0 Å². The number of sulfonamides is 2. The Bertz CT molecular complexity index is 3070. The van der Waals surface area contributed by atoms with Gasteiger partial charge in [-0.05, 0) is 67.4 Å². The van der Waals surface area contributed by atoms with Crippen LogP contribution in [0.25, 0.3) is 22.5 Å². The molecule has 326 valence electrons.